The van der Waals surface area contributed by atoms with Crippen LogP contribution < -0.4 is 4.74 Å². The lowest BCUT2D eigenvalue weighted by Crippen LogP contribution is -2.03. The van der Waals surface area contributed by atoms with Crippen LogP contribution in [0.2, 0.25) is 0 Å². The summed E-state index contributed by atoms with van der Waals surface area (Å²) in [6, 6.07) is 6.16. The molecule has 1 N–H and O–H groups in total. The van der Waals surface area contributed by atoms with Gasteiger partial charge >= 0.3 is 0 Å². The van der Waals surface area contributed by atoms with Crippen LogP contribution in [-0.4, -0.2) is 12.2 Å². The Morgan fingerprint density at radius 1 is 1.39 bits per heavy atom. The molecule has 1 atom stereocenters. The summed E-state index contributed by atoms with van der Waals surface area (Å²) in [6.45, 7) is 2.03. The molecule has 0 saturated heterocycles. The van der Waals surface area contributed by atoms with Crippen molar-refractivity contribution < 1.29 is 14.2 Å². The van der Waals surface area contributed by atoms with E-state index >= 15 is 0 Å². The summed E-state index contributed by atoms with van der Waals surface area (Å²) < 4.78 is 18.5. The van der Waals surface area contributed by atoms with E-state index in [1.807, 2.05) is 18.4 Å². The Balaban J connectivity index is 2.45. The highest BCUT2D eigenvalue weighted by molar-refractivity contribution is 7.10. The molecule has 0 spiro atoms. The number of ether oxygens (including phenoxy) is 1. The summed E-state index contributed by atoms with van der Waals surface area (Å²) in [7, 11) is 1.51. The number of aliphatic hydroxyl groups is 1. The molecule has 0 aliphatic rings. The Bertz CT molecular complexity index is 536. The largest absolute Gasteiger partial charge is 0.496 e. The molecule has 1 aromatic carbocycles. The van der Waals surface area contributed by atoms with Crippen LogP contribution in [-0.2, 0) is 6.42 Å². The first-order valence-corrected chi connectivity index (χ1v) is 6.63. The minimum Gasteiger partial charge on any atom is -0.496 e. The number of methoxy groups -OCH3 is 1. The van der Waals surface area contributed by atoms with Crippen molar-refractivity contribution >= 4 is 11.3 Å². The van der Waals surface area contributed by atoms with E-state index in [-0.39, 0.29) is 5.82 Å². The van der Waals surface area contributed by atoms with Crippen LogP contribution in [0.25, 0.3) is 0 Å². The normalized spacial score (nSPS) is 12.4. The summed E-state index contributed by atoms with van der Waals surface area (Å²) >= 11 is 1.47. The zero-order chi connectivity index (χ0) is 13.1. The molecular weight excluding hydrogens is 251 g/mol. The average Bonchev–Trinajstić information content (AvgIpc) is 2.86. The standard InChI is InChI=1S/C14H15FO2S/c1-3-9-6-7-18-14(9)13(16)11-8-10(15)4-5-12(11)17-2/h4-8,13,16H,3H2,1-2H3. The van der Waals surface area contributed by atoms with E-state index < -0.39 is 6.10 Å². The van der Waals surface area contributed by atoms with Crippen LogP contribution in [0.3, 0.4) is 0 Å². The van der Waals surface area contributed by atoms with Gasteiger partial charge in [0, 0.05) is 10.4 Å². The summed E-state index contributed by atoms with van der Waals surface area (Å²) in [6.07, 6.45) is -0.00124. The Hall–Kier alpha value is -1.39. The fourth-order valence-electron chi connectivity index (χ4n) is 1.94. The van der Waals surface area contributed by atoms with Gasteiger partial charge in [0.2, 0.25) is 0 Å². The Kier molecular flexibility index (Phi) is 3.99. The van der Waals surface area contributed by atoms with Crippen molar-refractivity contribution in [1.29, 1.82) is 0 Å². The summed E-state index contributed by atoms with van der Waals surface area (Å²) in [5, 5.41) is 12.3. The van der Waals surface area contributed by atoms with Crippen molar-refractivity contribution in [3.63, 3.8) is 0 Å². The van der Waals surface area contributed by atoms with Gasteiger partial charge in [-0.1, -0.05) is 6.92 Å². The van der Waals surface area contributed by atoms with Gasteiger partial charge in [-0.25, -0.2) is 4.39 Å². The summed E-state index contributed by atoms with van der Waals surface area (Å²) in [5.74, 6) is 0.124. The number of thiophene rings is 1. The molecule has 0 radical (unpaired) electrons. The van der Waals surface area contributed by atoms with E-state index in [9.17, 15) is 9.50 Å². The minimum absolute atomic E-state index is 0.376. The lowest BCUT2D eigenvalue weighted by atomic mass is 10.0. The highest BCUT2D eigenvalue weighted by atomic mass is 32.1. The van der Waals surface area contributed by atoms with Crippen LogP contribution in [0.15, 0.2) is 29.6 Å². The molecule has 2 nitrogen and oxygen atoms in total. The number of halogens is 1. The third-order valence-corrected chi connectivity index (χ3v) is 3.91. The number of rotatable bonds is 4. The van der Waals surface area contributed by atoms with Crippen molar-refractivity contribution in [3.8, 4) is 5.75 Å². The minimum atomic E-state index is -0.842. The van der Waals surface area contributed by atoms with E-state index in [0.717, 1.165) is 16.9 Å². The van der Waals surface area contributed by atoms with Gasteiger partial charge in [-0.05, 0) is 41.6 Å². The number of hydrogen-bond donors (Lipinski definition) is 1. The lowest BCUT2D eigenvalue weighted by Gasteiger charge is -2.15. The van der Waals surface area contributed by atoms with Crippen molar-refractivity contribution in [2.75, 3.05) is 7.11 Å². The first-order valence-electron chi connectivity index (χ1n) is 5.75. The van der Waals surface area contributed by atoms with Gasteiger partial charge in [-0.15, -0.1) is 11.3 Å². The fraction of sp³-hybridized carbons (Fsp3) is 0.286. The number of benzene rings is 1. The van der Waals surface area contributed by atoms with Crippen LogP contribution in [0.4, 0.5) is 4.39 Å². The molecule has 0 aliphatic heterocycles. The smallest absolute Gasteiger partial charge is 0.125 e. The van der Waals surface area contributed by atoms with Gasteiger partial charge in [-0.2, -0.15) is 0 Å². The highest BCUT2D eigenvalue weighted by Crippen LogP contribution is 2.35. The molecule has 1 heterocycles. The van der Waals surface area contributed by atoms with E-state index in [0.29, 0.717) is 11.3 Å². The molecule has 0 fully saturated rings. The maximum Gasteiger partial charge on any atom is 0.125 e. The van der Waals surface area contributed by atoms with Gasteiger partial charge in [-0.3, -0.25) is 0 Å². The average molecular weight is 266 g/mol. The molecule has 1 unspecified atom stereocenters. The quantitative estimate of drug-likeness (QED) is 0.917. The van der Waals surface area contributed by atoms with Gasteiger partial charge in [0.25, 0.3) is 0 Å². The zero-order valence-electron chi connectivity index (χ0n) is 10.3. The predicted molar refractivity (Wildman–Crippen MR) is 70.7 cm³/mol. The van der Waals surface area contributed by atoms with E-state index in [1.165, 1.54) is 36.6 Å². The van der Waals surface area contributed by atoms with Crippen molar-refractivity contribution in [3.05, 3.63) is 51.5 Å². The van der Waals surface area contributed by atoms with E-state index in [1.54, 1.807) is 0 Å². The van der Waals surface area contributed by atoms with Gasteiger partial charge in [0.1, 0.15) is 17.7 Å². The summed E-state index contributed by atoms with van der Waals surface area (Å²) in [5.41, 5.74) is 1.55. The Labute approximate surface area is 110 Å². The molecule has 2 rings (SSSR count). The summed E-state index contributed by atoms with van der Waals surface area (Å²) in [4.78, 5) is 0.849. The molecule has 96 valence electrons. The molecule has 0 bridgehead atoms. The maximum absolute atomic E-state index is 13.3. The third kappa shape index (κ3) is 2.40. The van der Waals surface area contributed by atoms with Crippen LogP contribution >= 0.6 is 11.3 Å². The first-order chi connectivity index (χ1) is 8.67. The predicted octanol–water partition coefficient (Wildman–Crippen LogP) is 3.54. The van der Waals surface area contributed by atoms with Crippen LogP contribution in [0.5, 0.6) is 5.75 Å². The van der Waals surface area contributed by atoms with Crippen LogP contribution in [0, 0.1) is 5.82 Å². The van der Waals surface area contributed by atoms with Gasteiger partial charge in [0.05, 0.1) is 7.11 Å². The topological polar surface area (TPSA) is 29.5 Å². The number of aliphatic hydroxyl groups excluding tert-OH is 1. The SMILES string of the molecule is CCc1ccsc1C(O)c1cc(F)ccc1OC. The Morgan fingerprint density at radius 3 is 2.83 bits per heavy atom. The molecule has 2 aromatic rings. The molecule has 0 saturated carbocycles. The van der Waals surface area contributed by atoms with Crippen molar-refractivity contribution in [2.45, 2.75) is 19.4 Å². The maximum atomic E-state index is 13.3. The fourth-order valence-corrected chi connectivity index (χ4v) is 2.94. The lowest BCUT2D eigenvalue weighted by molar-refractivity contribution is 0.217. The number of aryl methyl sites for hydroxylation is 1. The second-order valence-corrected chi connectivity index (χ2v) is 4.90. The monoisotopic (exact) mass is 266 g/mol. The van der Waals surface area contributed by atoms with Gasteiger partial charge in [0.15, 0.2) is 0 Å². The second-order valence-electron chi connectivity index (χ2n) is 3.95. The molecule has 0 amide bonds. The molecule has 18 heavy (non-hydrogen) atoms. The van der Waals surface area contributed by atoms with Crippen molar-refractivity contribution in [2.24, 2.45) is 0 Å². The van der Waals surface area contributed by atoms with E-state index in [4.69, 9.17) is 4.74 Å². The highest BCUT2D eigenvalue weighted by Gasteiger charge is 2.19. The molecule has 4 heteroatoms. The third-order valence-electron chi connectivity index (χ3n) is 2.90. The van der Waals surface area contributed by atoms with Crippen molar-refractivity contribution in [1.82, 2.24) is 0 Å². The Morgan fingerprint density at radius 2 is 2.17 bits per heavy atom. The molecule has 0 aliphatic carbocycles. The van der Waals surface area contributed by atoms with E-state index in [2.05, 4.69) is 0 Å². The molecular formula is C14H15FO2S. The first kappa shape index (κ1) is 13.1. The zero-order valence-corrected chi connectivity index (χ0v) is 11.1. The second kappa shape index (κ2) is 5.50. The molecule has 1 aromatic heterocycles. The van der Waals surface area contributed by atoms with Crippen LogP contribution in [0.1, 0.15) is 29.0 Å². The number of hydrogen-bond acceptors (Lipinski definition) is 3. The van der Waals surface area contributed by atoms with Gasteiger partial charge < -0.3 is 9.84 Å².